The van der Waals surface area contributed by atoms with E-state index in [0.717, 1.165) is 12.0 Å². The summed E-state index contributed by atoms with van der Waals surface area (Å²) in [7, 11) is 1.50. The summed E-state index contributed by atoms with van der Waals surface area (Å²) in [6.07, 6.45) is 0.721. The van der Waals surface area contributed by atoms with Gasteiger partial charge in [-0.1, -0.05) is 32.0 Å². The Balaban J connectivity index is 0. The van der Waals surface area contributed by atoms with Gasteiger partial charge in [0.1, 0.15) is 25.2 Å². The number of carbonyl (C=O) groups is 1. The van der Waals surface area contributed by atoms with Crippen molar-refractivity contribution in [3.8, 4) is 5.75 Å². The van der Waals surface area contributed by atoms with E-state index in [4.69, 9.17) is 14.2 Å². The summed E-state index contributed by atoms with van der Waals surface area (Å²) < 4.78 is 15.6. The van der Waals surface area contributed by atoms with Crippen LogP contribution in [0.15, 0.2) is 30.3 Å². The largest absolute Gasteiger partial charge is 0.491 e. The molecule has 0 aliphatic rings. The highest BCUT2D eigenvalue weighted by Crippen LogP contribution is 2.07. The number of benzene rings is 1. The van der Waals surface area contributed by atoms with Crippen LogP contribution in [0.25, 0.3) is 0 Å². The second kappa shape index (κ2) is 19.9. The smallest absolute Gasteiger partial charge is 0.145 e. The van der Waals surface area contributed by atoms with E-state index >= 15 is 0 Å². The molecule has 1 aromatic rings. The van der Waals surface area contributed by atoms with Gasteiger partial charge in [-0.05, 0) is 19.2 Å². The second-order valence-corrected chi connectivity index (χ2v) is 3.02. The number of rotatable bonds is 9. The average Bonchev–Trinajstić information content (AvgIpc) is 2.55. The van der Waals surface area contributed by atoms with Gasteiger partial charge in [-0.3, -0.25) is 0 Å². The molecule has 0 amide bonds. The number of aldehydes is 1. The van der Waals surface area contributed by atoms with Gasteiger partial charge in [0.05, 0.1) is 19.8 Å². The average molecular weight is 285 g/mol. The fraction of sp³-hybridized carbons (Fsp3) is 0.533. The van der Waals surface area contributed by atoms with Crippen molar-refractivity contribution in [3.05, 3.63) is 30.3 Å². The molecule has 0 aliphatic carbocycles. The van der Waals surface area contributed by atoms with Crippen molar-refractivity contribution < 1.29 is 19.0 Å². The zero-order valence-corrected chi connectivity index (χ0v) is 12.7. The van der Waals surface area contributed by atoms with Crippen LogP contribution >= 0.6 is 0 Å². The highest BCUT2D eigenvalue weighted by Gasteiger charge is 1.92. The summed E-state index contributed by atoms with van der Waals surface area (Å²) in [5, 5.41) is 0. The topological polar surface area (TPSA) is 70.8 Å². The lowest BCUT2D eigenvalue weighted by Crippen LogP contribution is -2.11. The zero-order valence-electron chi connectivity index (χ0n) is 12.7. The van der Waals surface area contributed by atoms with E-state index in [1.54, 1.807) is 0 Å². The van der Waals surface area contributed by atoms with Crippen molar-refractivity contribution in [2.45, 2.75) is 13.8 Å². The van der Waals surface area contributed by atoms with E-state index in [2.05, 4.69) is 5.73 Å². The minimum Gasteiger partial charge on any atom is -0.491 e. The maximum atomic E-state index is 9.91. The maximum Gasteiger partial charge on any atom is 0.145 e. The summed E-state index contributed by atoms with van der Waals surface area (Å²) >= 11 is 0. The first-order valence-electron chi connectivity index (χ1n) is 6.78. The minimum atomic E-state index is 0.129. The standard InChI is InChI=1S/C12H16O4.C2H6.CH5N/c13-6-7-14-8-9-15-10-11-16-12-4-2-1-3-5-12;2*1-2/h1-6H,7-11H2;1-2H3;2H2,1H3. The van der Waals surface area contributed by atoms with Crippen LogP contribution in [0.5, 0.6) is 5.75 Å². The first kappa shape index (κ1) is 20.9. The predicted octanol–water partition coefficient (Wildman–Crippen LogP) is 1.90. The molecule has 20 heavy (non-hydrogen) atoms. The molecule has 1 aromatic carbocycles. The van der Waals surface area contributed by atoms with Crippen molar-refractivity contribution >= 4 is 6.29 Å². The third-order valence-electron chi connectivity index (χ3n) is 1.80. The van der Waals surface area contributed by atoms with Crippen LogP contribution < -0.4 is 10.5 Å². The summed E-state index contributed by atoms with van der Waals surface area (Å²) in [4.78, 5) is 9.91. The number of nitrogens with two attached hydrogens (primary N) is 1. The van der Waals surface area contributed by atoms with Gasteiger partial charge in [0.2, 0.25) is 0 Å². The van der Waals surface area contributed by atoms with Crippen molar-refractivity contribution in [1.82, 2.24) is 0 Å². The lowest BCUT2D eigenvalue weighted by atomic mass is 10.3. The third-order valence-corrected chi connectivity index (χ3v) is 1.80. The highest BCUT2D eigenvalue weighted by molar-refractivity contribution is 5.50. The van der Waals surface area contributed by atoms with Crippen LogP contribution in [-0.2, 0) is 14.3 Å². The van der Waals surface area contributed by atoms with Gasteiger partial charge in [0.25, 0.3) is 0 Å². The Bertz CT molecular complexity index is 280. The Hall–Kier alpha value is -1.43. The number of hydrogen-bond acceptors (Lipinski definition) is 5. The summed E-state index contributed by atoms with van der Waals surface area (Å²) in [6.45, 7) is 6.07. The molecule has 0 spiro atoms. The molecule has 0 saturated carbocycles. The van der Waals surface area contributed by atoms with Crippen LogP contribution in [0.4, 0.5) is 0 Å². The molecule has 0 aromatic heterocycles. The normalized spacial score (nSPS) is 8.60. The Labute approximate surface area is 122 Å². The summed E-state index contributed by atoms with van der Waals surface area (Å²) in [6, 6.07) is 9.57. The first-order valence-corrected chi connectivity index (χ1v) is 6.78. The quantitative estimate of drug-likeness (QED) is 0.554. The zero-order chi connectivity index (χ0) is 15.5. The number of ether oxygens (including phenoxy) is 3. The van der Waals surface area contributed by atoms with E-state index in [1.807, 2.05) is 44.2 Å². The maximum absolute atomic E-state index is 9.91. The lowest BCUT2D eigenvalue weighted by molar-refractivity contribution is -0.112. The Morgan fingerprint density at radius 2 is 1.50 bits per heavy atom. The molecule has 0 atom stereocenters. The van der Waals surface area contributed by atoms with Gasteiger partial charge in [-0.2, -0.15) is 0 Å². The van der Waals surface area contributed by atoms with Gasteiger partial charge in [0, 0.05) is 0 Å². The first-order chi connectivity index (χ1) is 9.93. The molecule has 5 heteroatoms. The van der Waals surface area contributed by atoms with Gasteiger partial charge < -0.3 is 24.7 Å². The van der Waals surface area contributed by atoms with Crippen LogP contribution in [0.3, 0.4) is 0 Å². The molecule has 0 aliphatic heterocycles. The SMILES string of the molecule is CC.CN.O=CCOCCOCCOc1ccccc1. The molecule has 0 heterocycles. The van der Waals surface area contributed by atoms with Gasteiger partial charge >= 0.3 is 0 Å². The van der Waals surface area contributed by atoms with Crippen molar-refractivity contribution in [2.24, 2.45) is 5.73 Å². The minimum absolute atomic E-state index is 0.129. The summed E-state index contributed by atoms with van der Waals surface area (Å²) in [5.41, 5.74) is 4.50. The van der Waals surface area contributed by atoms with Crippen molar-refractivity contribution in [3.63, 3.8) is 0 Å². The van der Waals surface area contributed by atoms with Crippen LogP contribution in [0, 0.1) is 0 Å². The fourth-order valence-electron chi connectivity index (χ4n) is 1.09. The van der Waals surface area contributed by atoms with E-state index in [0.29, 0.717) is 26.4 Å². The van der Waals surface area contributed by atoms with Crippen molar-refractivity contribution in [2.75, 3.05) is 40.1 Å². The lowest BCUT2D eigenvalue weighted by Gasteiger charge is -2.06. The monoisotopic (exact) mass is 285 g/mol. The van der Waals surface area contributed by atoms with Gasteiger partial charge in [-0.15, -0.1) is 0 Å². The molecular weight excluding hydrogens is 258 g/mol. The molecule has 0 bridgehead atoms. The number of para-hydroxylation sites is 1. The Kier molecular flexibility index (Phi) is 20.8. The third kappa shape index (κ3) is 14.6. The molecule has 116 valence electrons. The fourth-order valence-corrected chi connectivity index (χ4v) is 1.09. The molecule has 5 nitrogen and oxygen atoms in total. The molecule has 0 fully saturated rings. The second-order valence-electron chi connectivity index (χ2n) is 3.02. The molecule has 1 rings (SSSR count). The molecule has 0 radical (unpaired) electrons. The highest BCUT2D eigenvalue weighted by atomic mass is 16.5. The van der Waals surface area contributed by atoms with E-state index < -0.39 is 0 Å². The van der Waals surface area contributed by atoms with Crippen molar-refractivity contribution in [1.29, 1.82) is 0 Å². The molecular formula is C15H27NO4. The van der Waals surface area contributed by atoms with E-state index in [9.17, 15) is 4.79 Å². The Morgan fingerprint density at radius 3 is 2.10 bits per heavy atom. The number of carbonyl (C=O) groups excluding carboxylic acids is 1. The molecule has 0 unspecified atom stereocenters. The van der Waals surface area contributed by atoms with Crippen LogP contribution in [0.2, 0.25) is 0 Å². The van der Waals surface area contributed by atoms with Crippen LogP contribution in [0.1, 0.15) is 13.8 Å². The molecule has 0 saturated heterocycles. The van der Waals surface area contributed by atoms with Crippen LogP contribution in [-0.4, -0.2) is 46.4 Å². The summed E-state index contributed by atoms with van der Waals surface area (Å²) in [5.74, 6) is 0.836. The molecule has 2 N–H and O–H groups in total. The predicted molar refractivity (Wildman–Crippen MR) is 81.1 cm³/mol. The Morgan fingerprint density at radius 1 is 0.950 bits per heavy atom. The number of hydrogen-bond donors (Lipinski definition) is 1. The van der Waals surface area contributed by atoms with E-state index in [-0.39, 0.29) is 6.61 Å². The van der Waals surface area contributed by atoms with Gasteiger partial charge in [0.15, 0.2) is 0 Å². The van der Waals surface area contributed by atoms with Gasteiger partial charge in [-0.25, -0.2) is 0 Å². The van der Waals surface area contributed by atoms with E-state index in [1.165, 1.54) is 7.05 Å².